The summed E-state index contributed by atoms with van der Waals surface area (Å²) in [6, 6.07) is 7.54. The highest BCUT2D eigenvalue weighted by Crippen LogP contribution is 2.23. The molecule has 17 heavy (non-hydrogen) atoms. The molecule has 2 aromatic rings. The molecule has 0 bridgehead atoms. The first-order valence-corrected chi connectivity index (χ1v) is 5.65. The van der Waals surface area contributed by atoms with Crippen molar-refractivity contribution < 1.29 is 9.53 Å². The van der Waals surface area contributed by atoms with Gasteiger partial charge < -0.3 is 4.74 Å². The molecule has 0 atom stereocenters. The minimum Gasteiger partial charge on any atom is -0.426 e. The monoisotopic (exact) mass is 229 g/mol. The molecule has 0 aliphatic carbocycles. The van der Waals surface area contributed by atoms with Crippen molar-refractivity contribution in [2.75, 3.05) is 0 Å². The molecule has 0 aliphatic rings. The van der Waals surface area contributed by atoms with Crippen LogP contribution in [0.15, 0.2) is 30.5 Å². The second-order valence-electron chi connectivity index (χ2n) is 4.36. The number of ether oxygens (including phenoxy) is 1. The summed E-state index contributed by atoms with van der Waals surface area (Å²) in [7, 11) is 0. The highest BCUT2D eigenvalue weighted by molar-refractivity contribution is 5.86. The van der Waals surface area contributed by atoms with Crippen LogP contribution in [0.4, 0.5) is 0 Å². The maximum Gasteiger partial charge on any atom is 0.313 e. The topological polar surface area (TPSA) is 39.2 Å². The highest BCUT2D eigenvalue weighted by atomic mass is 16.5. The molecule has 0 saturated carbocycles. The van der Waals surface area contributed by atoms with Gasteiger partial charge in [-0.3, -0.25) is 9.78 Å². The van der Waals surface area contributed by atoms with Crippen molar-refractivity contribution in [3.63, 3.8) is 0 Å². The zero-order valence-corrected chi connectivity index (χ0v) is 10.2. The van der Waals surface area contributed by atoms with Crippen molar-refractivity contribution in [1.82, 2.24) is 4.98 Å². The van der Waals surface area contributed by atoms with E-state index in [4.69, 9.17) is 4.74 Å². The molecule has 88 valence electrons. The summed E-state index contributed by atoms with van der Waals surface area (Å²) in [4.78, 5) is 15.7. The third kappa shape index (κ3) is 2.44. The second-order valence-corrected chi connectivity index (χ2v) is 4.36. The number of carbonyl (C=O) groups is 1. The number of esters is 1. The predicted molar refractivity (Wildman–Crippen MR) is 67.0 cm³/mol. The maximum atomic E-state index is 11.5. The van der Waals surface area contributed by atoms with E-state index in [1.165, 1.54) is 0 Å². The van der Waals surface area contributed by atoms with Crippen LogP contribution in [0, 0.1) is 12.8 Å². The fourth-order valence-corrected chi connectivity index (χ4v) is 1.59. The van der Waals surface area contributed by atoms with Crippen LogP contribution < -0.4 is 4.74 Å². The van der Waals surface area contributed by atoms with Gasteiger partial charge >= 0.3 is 5.97 Å². The zero-order valence-electron chi connectivity index (χ0n) is 10.2. The summed E-state index contributed by atoms with van der Waals surface area (Å²) in [5.41, 5.74) is 0.935. The molecule has 0 unspecified atom stereocenters. The molecular formula is C14H15NO2. The van der Waals surface area contributed by atoms with Crippen molar-refractivity contribution in [2.24, 2.45) is 5.92 Å². The van der Waals surface area contributed by atoms with Crippen LogP contribution in [0.5, 0.6) is 5.75 Å². The normalized spacial score (nSPS) is 10.8. The Labute approximate surface area is 100 Å². The molecule has 0 radical (unpaired) electrons. The number of nitrogens with zero attached hydrogens (tertiary/aromatic N) is 1. The van der Waals surface area contributed by atoms with Crippen LogP contribution in [0.25, 0.3) is 10.8 Å². The van der Waals surface area contributed by atoms with Gasteiger partial charge in [0.05, 0.1) is 5.92 Å². The first-order chi connectivity index (χ1) is 8.08. The van der Waals surface area contributed by atoms with E-state index in [0.717, 1.165) is 16.5 Å². The number of hydrogen-bond acceptors (Lipinski definition) is 3. The van der Waals surface area contributed by atoms with Crippen LogP contribution in [0.1, 0.15) is 19.5 Å². The number of aryl methyl sites for hydroxylation is 1. The zero-order chi connectivity index (χ0) is 12.4. The Morgan fingerprint density at radius 2 is 2.06 bits per heavy atom. The van der Waals surface area contributed by atoms with Gasteiger partial charge in [-0.1, -0.05) is 19.9 Å². The van der Waals surface area contributed by atoms with Gasteiger partial charge in [0.1, 0.15) is 5.75 Å². The van der Waals surface area contributed by atoms with Crippen LogP contribution in [-0.2, 0) is 4.79 Å². The average Bonchev–Trinajstić information content (AvgIpc) is 2.30. The fourth-order valence-electron chi connectivity index (χ4n) is 1.59. The van der Waals surface area contributed by atoms with Gasteiger partial charge in [0.25, 0.3) is 0 Å². The average molecular weight is 229 g/mol. The summed E-state index contributed by atoms with van der Waals surface area (Å²) in [6.45, 7) is 5.57. The summed E-state index contributed by atoms with van der Waals surface area (Å²) >= 11 is 0. The van der Waals surface area contributed by atoms with Crippen LogP contribution in [0.2, 0.25) is 0 Å². The van der Waals surface area contributed by atoms with E-state index in [9.17, 15) is 4.79 Å². The Hall–Kier alpha value is -1.90. The lowest BCUT2D eigenvalue weighted by molar-refractivity contribution is -0.137. The van der Waals surface area contributed by atoms with E-state index in [-0.39, 0.29) is 11.9 Å². The maximum absolute atomic E-state index is 11.5. The molecule has 3 nitrogen and oxygen atoms in total. The van der Waals surface area contributed by atoms with Crippen molar-refractivity contribution in [3.05, 3.63) is 36.2 Å². The Morgan fingerprint density at radius 1 is 1.29 bits per heavy atom. The van der Waals surface area contributed by atoms with Gasteiger partial charge in [-0.2, -0.15) is 0 Å². The lowest BCUT2D eigenvalue weighted by Crippen LogP contribution is -2.14. The van der Waals surface area contributed by atoms with Gasteiger partial charge in [-0.15, -0.1) is 0 Å². The predicted octanol–water partition coefficient (Wildman–Crippen LogP) is 3.10. The lowest BCUT2D eigenvalue weighted by Gasteiger charge is -2.08. The molecule has 0 spiro atoms. The third-order valence-corrected chi connectivity index (χ3v) is 2.63. The highest BCUT2D eigenvalue weighted by Gasteiger charge is 2.10. The Bertz CT molecular complexity index is 561. The van der Waals surface area contributed by atoms with Gasteiger partial charge in [-0.05, 0) is 30.5 Å². The first-order valence-electron chi connectivity index (χ1n) is 5.65. The summed E-state index contributed by atoms with van der Waals surface area (Å²) < 4.78 is 5.27. The van der Waals surface area contributed by atoms with Gasteiger partial charge in [0.15, 0.2) is 0 Å². The molecule has 0 saturated heterocycles. The minimum absolute atomic E-state index is 0.124. The molecule has 1 heterocycles. The molecule has 2 rings (SSSR count). The summed E-state index contributed by atoms with van der Waals surface area (Å²) in [5, 5.41) is 2.11. The number of fused-ring (bicyclic) bond motifs is 1. The van der Waals surface area contributed by atoms with Crippen LogP contribution >= 0.6 is 0 Å². The van der Waals surface area contributed by atoms with Gasteiger partial charge in [0, 0.05) is 17.3 Å². The quantitative estimate of drug-likeness (QED) is 0.586. The second kappa shape index (κ2) is 4.53. The number of rotatable bonds is 2. The number of hydrogen-bond donors (Lipinski definition) is 0. The molecule has 3 heteroatoms. The Morgan fingerprint density at radius 3 is 2.76 bits per heavy atom. The number of pyridine rings is 1. The van der Waals surface area contributed by atoms with E-state index >= 15 is 0 Å². The molecule has 0 N–H and O–H groups in total. The van der Waals surface area contributed by atoms with E-state index in [1.54, 1.807) is 6.20 Å². The van der Waals surface area contributed by atoms with Gasteiger partial charge in [-0.25, -0.2) is 0 Å². The summed E-state index contributed by atoms with van der Waals surface area (Å²) in [6.07, 6.45) is 1.78. The molecular weight excluding hydrogens is 214 g/mol. The number of carbonyl (C=O) groups excluding carboxylic acids is 1. The van der Waals surface area contributed by atoms with Gasteiger partial charge in [0.2, 0.25) is 0 Å². The Balaban J connectivity index is 2.38. The van der Waals surface area contributed by atoms with Crippen molar-refractivity contribution in [2.45, 2.75) is 20.8 Å². The first kappa shape index (κ1) is 11.6. The minimum atomic E-state index is -0.217. The molecule has 0 amide bonds. The van der Waals surface area contributed by atoms with E-state index in [1.807, 2.05) is 45.0 Å². The van der Waals surface area contributed by atoms with Crippen molar-refractivity contribution >= 4 is 16.7 Å². The van der Waals surface area contributed by atoms with Crippen molar-refractivity contribution in [1.29, 1.82) is 0 Å². The van der Waals surface area contributed by atoms with E-state index in [2.05, 4.69) is 4.98 Å². The Kier molecular flexibility index (Phi) is 3.09. The van der Waals surface area contributed by atoms with E-state index in [0.29, 0.717) is 5.75 Å². The molecule has 0 aliphatic heterocycles. The summed E-state index contributed by atoms with van der Waals surface area (Å²) in [5.74, 6) is 0.235. The standard InChI is InChI=1S/C14H15NO2/c1-9(2)14(16)17-12-5-4-11-6-7-15-10(3)13(11)8-12/h4-9H,1-3H3. The number of aromatic nitrogens is 1. The van der Waals surface area contributed by atoms with Crippen molar-refractivity contribution in [3.8, 4) is 5.75 Å². The number of benzene rings is 1. The van der Waals surface area contributed by atoms with Crippen LogP contribution in [-0.4, -0.2) is 11.0 Å². The fraction of sp³-hybridized carbons (Fsp3) is 0.286. The molecule has 1 aromatic carbocycles. The van der Waals surface area contributed by atoms with E-state index < -0.39 is 0 Å². The smallest absolute Gasteiger partial charge is 0.313 e. The third-order valence-electron chi connectivity index (χ3n) is 2.63. The molecule has 0 fully saturated rings. The SMILES string of the molecule is Cc1nccc2ccc(OC(=O)C(C)C)cc12. The van der Waals surface area contributed by atoms with Crippen LogP contribution in [0.3, 0.4) is 0 Å². The molecule has 1 aromatic heterocycles. The largest absolute Gasteiger partial charge is 0.426 e. The lowest BCUT2D eigenvalue weighted by atomic mass is 10.1.